The number of benzene rings is 1. The van der Waals surface area contributed by atoms with E-state index in [4.69, 9.17) is 15.2 Å². The van der Waals surface area contributed by atoms with Crippen LogP contribution in [0.15, 0.2) is 29.7 Å². The highest BCUT2D eigenvalue weighted by molar-refractivity contribution is 7.13. The van der Waals surface area contributed by atoms with E-state index in [0.29, 0.717) is 23.1 Å². The first-order chi connectivity index (χ1) is 11.5. The van der Waals surface area contributed by atoms with Crippen molar-refractivity contribution in [3.8, 4) is 11.5 Å². The summed E-state index contributed by atoms with van der Waals surface area (Å²) in [5.41, 5.74) is 7.45. The van der Waals surface area contributed by atoms with Crippen LogP contribution in [0, 0.1) is 0 Å². The zero-order valence-electron chi connectivity index (χ0n) is 13.9. The van der Waals surface area contributed by atoms with Crippen molar-refractivity contribution < 1.29 is 14.3 Å². The van der Waals surface area contributed by atoms with E-state index in [9.17, 15) is 4.79 Å². The van der Waals surface area contributed by atoms with Crippen LogP contribution < -0.4 is 20.5 Å². The van der Waals surface area contributed by atoms with E-state index >= 15 is 0 Å². The van der Waals surface area contributed by atoms with Gasteiger partial charge in [-0.25, -0.2) is 4.98 Å². The van der Waals surface area contributed by atoms with Gasteiger partial charge in [-0.05, 0) is 30.7 Å². The lowest BCUT2D eigenvalue weighted by Crippen LogP contribution is -2.18. The smallest absolute Gasteiger partial charge is 0.250 e. The van der Waals surface area contributed by atoms with Gasteiger partial charge >= 0.3 is 0 Å². The number of carbonyl (C=O) groups is 1. The summed E-state index contributed by atoms with van der Waals surface area (Å²) in [6.07, 6.45) is 3.84. The number of methoxy groups -OCH3 is 2. The maximum absolute atomic E-state index is 12.0. The molecule has 0 saturated heterocycles. The van der Waals surface area contributed by atoms with Crippen molar-refractivity contribution in [1.29, 1.82) is 0 Å². The Labute approximate surface area is 145 Å². The minimum absolute atomic E-state index is 0.0422. The molecule has 24 heavy (non-hydrogen) atoms. The SMILES string of the molecule is COc1ccc(/C=C/C(=O)Nc2nc(CC(C)N)cs2)cc1OC. The normalized spacial score (nSPS) is 12.2. The molecule has 128 valence electrons. The van der Waals surface area contributed by atoms with Crippen molar-refractivity contribution in [2.24, 2.45) is 5.73 Å². The lowest BCUT2D eigenvalue weighted by molar-refractivity contribution is -0.111. The van der Waals surface area contributed by atoms with Gasteiger partial charge in [-0.3, -0.25) is 10.1 Å². The van der Waals surface area contributed by atoms with Crippen LogP contribution in [-0.4, -0.2) is 31.2 Å². The van der Waals surface area contributed by atoms with Crippen LogP contribution in [0.3, 0.4) is 0 Å². The van der Waals surface area contributed by atoms with E-state index in [-0.39, 0.29) is 11.9 Å². The van der Waals surface area contributed by atoms with Crippen molar-refractivity contribution >= 4 is 28.5 Å². The van der Waals surface area contributed by atoms with Crippen LogP contribution in [0.25, 0.3) is 6.08 Å². The monoisotopic (exact) mass is 347 g/mol. The molecule has 0 radical (unpaired) electrons. The number of amides is 1. The Hall–Kier alpha value is -2.38. The molecule has 1 amide bonds. The lowest BCUT2D eigenvalue weighted by Gasteiger charge is -2.07. The molecule has 1 atom stereocenters. The van der Waals surface area contributed by atoms with Crippen molar-refractivity contribution in [2.75, 3.05) is 19.5 Å². The Bertz CT molecular complexity index is 726. The average molecular weight is 347 g/mol. The number of nitrogens with two attached hydrogens (primary N) is 1. The number of hydrogen-bond donors (Lipinski definition) is 2. The fourth-order valence-corrected chi connectivity index (χ4v) is 2.79. The number of carbonyl (C=O) groups excluding carboxylic acids is 1. The number of anilines is 1. The maximum Gasteiger partial charge on any atom is 0.250 e. The minimum Gasteiger partial charge on any atom is -0.493 e. The zero-order chi connectivity index (χ0) is 17.5. The van der Waals surface area contributed by atoms with Crippen LogP contribution in [0.2, 0.25) is 0 Å². The van der Waals surface area contributed by atoms with Crippen LogP contribution in [0.5, 0.6) is 11.5 Å². The number of nitrogens with one attached hydrogen (secondary N) is 1. The molecule has 2 rings (SSSR count). The van der Waals surface area contributed by atoms with Gasteiger partial charge in [-0.15, -0.1) is 11.3 Å². The molecule has 0 aliphatic rings. The molecule has 0 aliphatic heterocycles. The van der Waals surface area contributed by atoms with Crippen LogP contribution in [0.1, 0.15) is 18.2 Å². The Morgan fingerprint density at radius 3 is 2.79 bits per heavy atom. The van der Waals surface area contributed by atoms with Gasteiger partial charge in [-0.1, -0.05) is 6.07 Å². The van der Waals surface area contributed by atoms with Crippen LogP contribution in [0.4, 0.5) is 5.13 Å². The van der Waals surface area contributed by atoms with E-state index in [1.165, 1.54) is 17.4 Å². The summed E-state index contributed by atoms with van der Waals surface area (Å²) in [6, 6.07) is 5.47. The average Bonchev–Trinajstić information content (AvgIpc) is 2.98. The minimum atomic E-state index is -0.244. The molecular formula is C17H21N3O3S. The van der Waals surface area contributed by atoms with Gasteiger partial charge in [0.05, 0.1) is 19.9 Å². The van der Waals surface area contributed by atoms with Crippen molar-refractivity contribution in [1.82, 2.24) is 4.98 Å². The Morgan fingerprint density at radius 2 is 2.12 bits per heavy atom. The Kier molecular flexibility index (Phi) is 6.34. The lowest BCUT2D eigenvalue weighted by atomic mass is 10.2. The van der Waals surface area contributed by atoms with E-state index < -0.39 is 0 Å². The second-order valence-electron chi connectivity index (χ2n) is 5.26. The Morgan fingerprint density at radius 1 is 1.38 bits per heavy atom. The molecule has 6 nitrogen and oxygen atoms in total. The van der Waals surface area contributed by atoms with Crippen molar-refractivity contribution in [2.45, 2.75) is 19.4 Å². The number of aromatic nitrogens is 1. The summed E-state index contributed by atoms with van der Waals surface area (Å²) in [6.45, 7) is 1.92. The summed E-state index contributed by atoms with van der Waals surface area (Å²) in [5.74, 6) is 1.01. The predicted molar refractivity (Wildman–Crippen MR) is 96.7 cm³/mol. The molecule has 3 N–H and O–H groups in total. The topological polar surface area (TPSA) is 86.5 Å². The van der Waals surface area contributed by atoms with Gasteiger partial charge in [0.15, 0.2) is 16.6 Å². The fourth-order valence-electron chi connectivity index (χ4n) is 2.06. The van der Waals surface area contributed by atoms with Gasteiger partial charge in [0.25, 0.3) is 0 Å². The van der Waals surface area contributed by atoms with Gasteiger partial charge in [0.2, 0.25) is 5.91 Å². The third-order valence-corrected chi connectivity index (χ3v) is 3.95. The summed E-state index contributed by atoms with van der Waals surface area (Å²) < 4.78 is 10.4. The van der Waals surface area contributed by atoms with Gasteiger partial charge < -0.3 is 15.2 Å². The molecular weight excluding hydrogens is 326 g/mol. The van der Waals surface area contributed by atoms with E-state index in [2.05, 4.69) is 10.3 Å². The quantitative estimate of drug-likeness (QED) is 0.752. The first kappa shape index (κ1) is 18.0. The highest BCUT2D eigenvalue weighted by Crippen LogP contribution is 2.28. The summed E-state index contributed by atoms with van der Waals surface area (Å²) in [4.78, 5) is 16.3. The maximum atomic E-state index is 12.0. The summed E-state index contributed by atoms with van der Waals surface area (Å²) in [7, 11) is 3.15. The molecule has 0 aliphatic carbocycles. The van der Waals surface area contributed by atoms with Gasteiger partial charge in [0.1, 0.15) is 0 Å². The van der Waals surface area contributed by atoms with Crippen molar-refractivity contribution in [3.05, 3.63) is 40.9 Å². The third-order valence-electron chi connectivity index (χ3n) is 3.15. The zero-order valence-corrected chi connectivity index (χ0v) is 14.7. The van der Waals surface area contributed by atoms with Gasteiger partial charge in [-0.2, -0.15) is 0 Å². The van der Waals surface area contributed by atoms with E-state index in [1.807, 2.05) is 18.4 Å². The number of nitrogens with zero attached hydrogens (tertiary/aromatic N) is 1. The molecule has 1 heterocycles. The number of thiazole rings is 1. The number of hydrogen-bond acceptors (Lipinski definition) is 6. The number of rotatable bonds is 7. The number of ether oxygens (including phenoxy) is 2. The standard InChI is InChI=1S/C17H21N3O3S/c1-11(18)8-13-10-24-17(19-13)20-16(21)7-5-12-4-6-14(22-2)15(9-12)23-3/h4-7,9-11H,8,18H2,1-3H3,(H,19,20,21)/b7-5+. The molecule has 0 spiro atoms. The molecule has 7 heteroatoms. The molecule has 1 aromatic carbocycles. The molecule has 1 aromatic heterocycles. The van der Waals surface area contributed by atoms with Crippen LogP contribution >= 0.6 is 11.3 Å². The van der Waals surface area contributed by atoms with Crippen LogP contribution in [-0.2, 0) is 11.2 Å². The second-order valence-corrected chi connectivity index (χ2v) is 6.12. The fraction of sp³-hybridized carbons (Fsp3) is 0.294. The highest BCUT2D eigenvalue weighted by Gasteiger charge is 2.07. The van der Waals surface area contributed by atoms with E-state index in [0.717, 1.165) is 11.3 Å². The molecule has 0 saturated carbocycles. The summed E-state index contributed by atoms with van der Waals surface area (Å²) in [5, 5.41) is 5.20. The molecule has 1 unspecified atom stereocenters. The Balaban J connectivity index is 1.99. The predicted octanol–water partition coefficient (Wildman–Crippen LogP) is 2.70. The third kappa shape index (κ3) is 5.07. The van der Waals surface area contributed by atoms with Gasteiger partial charge in [0, 0.05) is 23.9 Å². The second kappa shape index (κ2) is 8.47. The molecule has 2 aromatic rings. The molecule has 0 bridgehead atoms. The first-order valence-electron chi connectivity index (χ1n) is 7.43. The largest absolute Gasteiger partial charge is 0.493 e. The van der Waals surface area contributed by atoms with E-state index in [1.54, 1.807) is 32.4 Å². The first-order valence-corrected chi connectivity index (χ1v) is 8.31. The molecule has 0 fully saturated rings. The highest BCUT2D eigenvalue weighted by atomic mass is 32.1. The van der Waals surface area contributed by atoms with Crippen molar-refractivity contribution in [3.63, 3.8) is 0 Å². The summed E-state index contributed by atoms with van der Waals surface area (Å²) >= 11 is 1.38.